The van der Waals surface area contributed by atoms with Crippen molar-refractivity contribution in [2.75, 3.05) is 44.9 Å². The number of imide groups is 1. The van der Waals surface area contributed by atoms with Crippen molar-refractivity contribution >= 4 is 17.5 Å². The third kappa shape index (κ3) is 2.98. The van der Waals surface area contributed by atoms with Crippen LogP contribution in [0, 0.1) is 11.8 Å². The first-order valence-corrected chi connectivity index (χ1v) is 9.41. The Bertz CT molecular complexity index is 699. The second kappa shape index (κ2) is 7.11. The van der Waals surface area contributed by atoms with E-state index in [4.69, 9.17) is 4.74 Å². The molecule has 2 atom stereocenters. The number of allylic oxidation sites excluding steroid dienone is 2. The number of benzene rings is 1. The lowest BCUT2D eigenvalue weighted by molar-refractivity contribution is -0.908. The molecule has 1 N–H and O–H groups in total. The number of anilines is 1. The van der Waals surface area contributed by atoms with Gasteiger partial charge >= 0.3 is 0 Å². The average Bonchev–Trinajstić information content (AvgIpc) is 2.94. The lowest BCUT2D eigenvalue weighted by Crippen LogP contribution is -3.16. The molecule has 1 aromatic rings. The largest absolute Gasteiger partial charge is 0.495 e. The summed E-state index contributed by atoms with van der Waals surface area (Å²) in [4.78, 5) is 30.4. The van der Waals surface area contributed by atoms with Crippen LogP contribution in [-0.4, -0.2) is 56.7 Å². The van der Waals surface area contributed by atoms with Crippen molar-refractivity contribution in [2.24, 2.45) is 11.8 Å². The maximum atomic E-state index is 12.6. The molecule has 2 aliphatic heterocycles. The van der Waals surface area contributed by atoms with Crippen LogP contribution in [0.15, 0.2) is 36.4 Å². The second-order valence-electron chi connectivity index (χ2n) is 7.33. The zero-order chi connectivity index (χ0) is 18.1. The molecule has 1 aliphatic carbocycles. The number of hydrogen-bond donors (Lipinski definition) is 1. The Balaban J connectivity index is 1.37. The molecule has 0 bridgehead atoms. The number of hydrogen-bond acceptors (Lipinski definition) is 4. The van der Waals surface area contributed by atoms with Crippen LogP contribution in [0.3, 0.4) is 0 Å². The Kier molecular flexibility index (Phi) is 4.68. The summed E-state index contributed by atoms with van der Waals surface area (Å²) in [5, 5.41) is 0. The molecule has 0 radical (unpaired) electrons. The summed E-state index contributed by atoms with van der Waals surface area (Å²) < 4.78 is 5.46. The summed E-state index contributed by atoms with van der Waals surface area (Å²) in [6.07, 6.45) is 5.49. The molecule has 2 saturated heterocycles. The van der Waals surface area contributed by atoms with E-state index in [1.54, 1.807) is 7.11 Å². The molecule has 0 aromatic heterocycles. The Hall–Kier alpha value is -2.34. The molecule has 2 heterocycles. The third-order valence-electron chi connectivity index (χ3n) is 5.88. The Morgan fingerprint density at radius 3 is 2.27 bits per heavy atom. The van der Waals surface area contributed by atoms with Crippen LogP contribution in [-0.2, 0) is 9.59 Å². The highest BCUT2D eigenvalue weighted by Crippen LogP contribution is 2.34. The van der Waals surface area contributed by atoms with Gasteiger partial charge in [0.05, 0.1) is 50.8 Å². The molecular formula is C20H26N3O3+. The minimum absolute atomic E-state index is 0.0315. The van der Waals surface area contributed by atoms with Crippen LogP contribution in [0.1, 0.15) is 12.8 Å². The summed E-state index contributed by atoms with van der Waals surface area (Å²) in [6, 6.07) is 8.05. The van der Waals surface area contributed by atoms with Crippen LogP contribution < -0.4 is 14.5 Å². The van der Waals surface area contributed by atoms with Crippen molar-refractivity contribution in [2.45, 2.75) is 12.8 Å². The van der Waals surface area contributed by atoms with Gasteiger partial charge in [-0.25, -0.2) is 4.90 Å². The van der Waals surface area contributed by atoms with Crippen molar-refractivity contribution in [1.29, 1.82) is 0 Å². The van der Waals surface area contributed by atoms with Crippen LogP contribution in [0.25, 0.3) is 0 Å². The summed E-state index contributed by atoms with van der Waals surface area (Å²) in [6.45, 7) is 4.09. The van der Waals surface area contributed by atoms with Gasteiger partial charge in [0, 0.05) is 0 Å². The van der Waals surface area contributed by atoms with Crippen molar-refractivity contribution in [3.8, 4) is 5.75 Å². The molecule has 6 nitrogen and oxygen atoms in total. The van der Waals surface area contributed by atoms with Crippen LogP contribution in [0.4, 0.5) is 5.69 Å². The van der Waals surface area contributed by atoms with E-state index in [1.165, 1.54) is 9.80 Å². The molecule has 2 amide bonds. The van der Waals surface area contributed by atoms with E-state index < -0.39 is 0 Å². The number of ether oxygens (including phenoxy) is 1. The normalized spacial score (nSPS) is 26.3. The molecular weight excluding hydrogens is 330 g/mol. The number of piperazine rings is 1. The van der Waals surface area contributed by atoms with E-state index in [9.17, 15) is 9.59 Å². The number of nitrogens with zero attached hydrogens (tertiary/aromatic N) is 2. The van der Waals surface area contributed by atoms with E-state index >= 15 is 0 Å². The second-order valence-corrected chi connectivity index (χ2v) is 7.33. The molecule has 0 unspecified atom stereocenters. The first-order chi connectivity index (χ1) is 12.7. The number of likely N-dealkylation sites (tertiary alicyclic amines) is 1. The fraction of sp³-hybridized carbons (Fsp3) is 0.500. The molecule has 1 aromatic carbocycles. The maximum absolute atomic E-state index is 12.6. The fourth-order valence-electron chi connectivity index (χ4n) is 4.36. The number of rotatable bonds is 4. The van der Waals surface area contributed by atoms with E-state index in [0.29, 0.717) is 19.5 Å². The number of quaternary nitrogens is 1. The van der Waals surface area contributed by atoms with E-state index in [-0.39, 0.29) is 23.7 Å². The fourth-order valence-corrected chi connectivity index (χ4v) is 4.36. The lowest BCUT2D eigenvalue weighted by Gasteiger charge is -2.35. The summed E-state index contributed by atoms with van der Waals surface area (Å²) in [7, 11) is 1.69. The predicted octanol–water partition coefficient (Wildman–Crippen LogP) is 0.309. The topological polar surface area (TPSA) is 54.3 Å². The summed E-state index contributed by atoms with van der Waals surface area (Å²) in [5.74, 6) is 0.703. The van der Waals surface area contributed by atoms with Crippen molar-refractivity contribution < 1.29 is 19.2 Å². The number of carbonyl (C=O) groups is 2. The molecule has 0 spiro atoms. The minimum Gasteiger partial charge on any atom is -0.495 e. The highest BCUT2D eigenvalue weighted by molar-refractivity contribution is 6.05. The Morgan fingerprint density at radius 1 is 1.04 bits per heavy atom. The number of methoxy groups -OCH3 is 1. The van der Waals surface area contributed by atoms with Crippen LogP contribution in [0.2, 0.25) is 0 Å². The van der Waals surface area contributed by atoms with Crippen LogP contribution in [0.5, 0.6) is 5.75 Å². The monoisotopic (exact) mass is 356 g/mol. The predicted molar refractivity (Wildman–Crippen MR) is 98.0 cm³/mol. The molecule has 0 saturated carbocycles. The van der Waals surface area contributed by atoms with Crippen molar-refractivity contribution in [3.05, 3.63) is 36.4 Å². The SMILES string of the molecule is COc1ccccc1N1CC[NH+](CN2C(=O)[C@H]3CC=CC[C@H]3C2=O)CC1. The van der Waals surface area contributed by atoms with Gasteiger partial charge in [-0.2, -0.15) is 0 Å². The number of carbonyl (C=O) groups excluding carboxylic acids is 2. The van der Waals surface area contributed by atoms with Gasteiger partial charge in [0.25, 0.3) is 0 Å². The van der Waals surface area contributed by atoms with Gasteiger partial charge < -0.3 is 14.5 Å². The van der Waals surface area contributed by atoms with E-state index in [0.717, 1.165) is 37.6 Å². The first-order valence-electron chi connectivity index (χ1n) is 9.41. The van der Waals surface area contributed by atoms with Crippen LogP contribution >= 0.6 is 0 Å². The van der Waals surface area contributed by atoms with Gasteiger partial charge in [0.15, 0.2) is 6.67 Å². The molecule has 6 heteroatoms. The van der Waals surface area contributed by atoms with Crippen molar-refractivity contribution in [1.82, 2.24) is 4.90 Å². The molecule has 4 rings (SSSR count). The van der Waals surface area contributed by atoms with Gasteiger partial charge in [-0.05, 0) is 25.0 Å². The smallest absolute Gasteiger partial charge is 0.237 e. The maximum Gasteiger partial charge on any atom is 0.237 e. The molecule has 26 heavy (non-hydrogen) atoms. The van der Waals surface area contributed by atoms with Crippen molar-refractivity contribution in [3.63, 3.8) is 0 Å². The summed E-state index contributed by atoms with van der Waals surface area (Å²) in [5.41, 5.74) is 1.11. The number of fused-ring (bicyclic) bond motifs is 1. The standard InChI is InChI=1S/C20H25N3O3/c1-26-18-9-5-4-8-17(18)22-12-10-21(11-13-22)14-23-19(24)15-6-2-3-7-16(15)20(23)25/h2-5,8-9,15-16H,6-7,10-14H2,1H3/p+1/t15-,16+. The van der Waals surface area contributed by atoms with E-state index in [2.05, 4.69) is 11.0 Å². The quantitative estimate of drug-likeness (QED) is 0.623. The Labute approximate surface area is 154 Å². The minimum atomic E-state index is -0.123. The molecule has 2 fully saturated rings. The number of nitrogens with one attached hydrogen (secondary N) is 1. The van der Waals surface area contributed by atoms with E-state index in [1.807, 2.05) is 30.4 Å². The zero-order valence-corrected chi connectivity index (χ0v) is 15.2. The van der Waals surface area contributed by atoms with Gasteiger partial charge in [-0.3, -0.25) is 9.59 Å². The van der Waals surface area contributed by atoms with Gasteiger partial charge in [-0.15, -0.1) is 0 Å². The summed E-state index contributed by atoms with van der Waals surface area (Å²) >= 11 is 0. The highest BCUT2D eigenvalue weighted by Gasteiger charge is 2.48. The number of para-hydroxylation sites is 2. The molecule has 3 aliphatic rings. The zero-order valence-electron chi connectivity index (χ0n) is 15.2. The Morgan fingerprint density at radius 2 is 1.65 bits per heavy atom. The first kappa shape index (κ1) is 17.1. The van der Waals surface area contributed by atoms with Gasteiger partial charge in [0.2, 0.25) is 11.8 Å². The molecule has 138 valence electrons. The number of amides is 2. The third-order valence-corrected chi connectivity index (χ3v) is 5.88. The average molecular weight is 356 g/mol. The van der Waals surface area contributed by atoms with Gasteiger partial charge in [0.1, 0.15) is 5.75 Å². The lowest BCUT2D eigenvalue weighted by atomic mass is 9.85. The highest BCUT2D eigenvalue weighted by atomic mass is 16.5. The van der Waals surface area contributed by atoms with Gasteiger partial charge in [-0.1, -0.05) is 24.3 Å².